The summed E-state index contributed by atoms with van der Waals surface area (Å²) < 4.78 is 5.32. The molecule has 8 nitrogen and oxygen atoms in total. The van der Waals surface area contributed by atoms with Gasteiger partial charge in [0, 0.05) is 51.3 Å². The smallest absolute Gasteiger partial charge is 0.223 e. The van der Waals surface area contributed by atoms with Gasteiger partial charge in [0.15, 0.2) is 0 Å². The number of nitrogens with two attached hydrogens (primary N) is 1. The summed E-state index contributed by atoms with van der Waals surface area (Å²) in [5.74, 6) is 1.10. The first-order chi connectivity index (χ1) is 12.1. The lowest BCUT2D eigenvalue weighted by molar-refractivity contribution is -0.125. The fraction of sp³-hybridized carbons (Fsp3) is 0.688. The zero-order valence-electron chi connectivity index (χ0n) is 14.3. The number of nitrogens with one attached hydrogen (secondary N) is 1. The van der Waals surface area contributed by atoms with Gasteiger partial charge in [-0.2, -0.15) is 4.98 Å². The van der Waals surface area contributed by atoms with Crippen molar-refractivity contribution in [1.29, 1.82) is 0 Å². The van der Waals surface area contributed by atoms with E-state index in [4.69, 9.17) is 22.1 Å². The standard InChI is InChI=1S/C16H25ClN6O2/c17-13-11-14(21-16(18)20-13)23-4-1-12(2-5-23)15(24)19-3-6-22-7-9-25-10-8-22/h11-12H,1-10H2,(H,19,24)(H2,18,20,21). The molecule has 0 bridgehead atoms. The van der Waals surface area contributed by atoms with Crippen molar-refractivity contribution in [3.63, 3.8) is 0 Å². The highest BCUT2D eigenvalue weighted by molar-refractivity contribution is 6.29. The summed E-state index contributed by atoms with van der Waals surface area (Å²) in [6, 6.07) is 1.71. The molecule has 2 aliphatic rings. The van der Waals surface area contributed by atoms with Gasteiger partial charge >= 0.3 is 0 Å². The van der Waals surface area contributed by atoms with Gasteiger partial charge in [-0.1, -0.05) is 11.6 Å². The van der Waals surface area contributed by atoms with E-state index in [2.05, 4.69) is 25.1 Å². The highest BCUT2D eigenvalue weighted by Gasteiger charge is 2.26. The maximum Gasteiger partial charge on any atom is 0.223 e. The number of piperidine rings is 1. The SMILES string of the molecule is Nc1nc(Cl)cc(N2CCC(C(=O)NCCN3CCOCC3)CC2)n1. The number of aromatic nitrogens is 2. The van der Waals surface area contributed by atoms with Crippen molar-refractivity contribution < 1.29 is 9.53 Å². The second kappa shape index (κ2) is 8.64. The average molecular weight is 369 g/mol. The molecular formula is C16H25ClN6O2. The molecule has 2 fully saturated rings. The quantitative estimate of drug-likeness (QED) is 0.725. The summed E-state index contributed by atoms with van der Waals surface area (Å²) in [7, 11) is 0. The molecule has 138 valence electrons. The van der Waals surface area contributed by atoms with Gasteiger partial charge in [0.05, 0.1) is 13.2 Å². The van der Waals surface area contributed by atoms with Crippen molar-refractivity contribution in [3.05, 3.63) is 11.2 Å². The van der Waals surface area contributed by atoms with Gasteiger partial charge in [0.1, 0.15) is 11.0 Å². The minimum absolute atomic E-state index is 0.0515. The largest absolute Gasteiger partial charge is 0.379 e. The highest BCUT2D eigenvalue weighted by atomic mass is 35.5. The van der Waals surface area contributed by atoms with E-state index in [1.165, 1.54) is 0 Å². The molecule has 1 aromatic heterocycles. The maximum atomic E-state index is 12.4. The molecule has 3 N–H and O–H groups in total. The predicted octanol–water partition coefficient (Wildman–Crippen LogP) is 0.377. The number of carbonyl (C=O) groups is 1. The van der Waals surface area contributed by atoms with Crippen molar-refractivity contribution in [2.75, 3.05) is 63.1 Å². The minimum Gasteiger partial charge on any atom is -0.379 e. The third kappa shape index (κ3) is 5.17. The fourth-order valence-corrected chi connectivity index (χ4v) is 3.45. The number of amides is 1. The number of anilines is 2. The van der Waals surface area contributed by atoms with E-state index >= 15 is 0 Å². The molecular weight excluding hydrogens is 344 g/mol. The van der Waals surface area contributed by atoms with E-state index in [0.717, 1.165) is 64.6 Å². The van der Waals surface area contributed by atoms with Crippen LogP contribution >= 0.6 is 11.6 Å². The minimum atomic E-state index is 0.0515. The number of hydrogen-bond donors (Lipinski definition) is 2. The molecule has 0 unspecified atom stereocenters. The van der Waals surface area contributed by atoms with E-state index in [-0.39, 0.29) is 17.8 Å². The predicted molar refractivity (Wildman–Crippen MR) is 96.7 cm³/mol. The van der Waals surface area contributed by atoms with Crippen LogP contribution < -0.4 is 16.0 Å². The molecule has 0 saturated carbocycles. The van der Waals surface area contributed by atoms with E-state index in [1.807, 2.05) is 0 Å². The number of morpholine rings is 1. The zero-order chi connectivity index (χ0) is 17.6. The first-order valence-corrected chi connectivity index (χ1v) is 9.12. The Morgan fingerprint density at radius 1 is 1.28 bits per heavy atom. The van der Waals surface area contributed by atoms with Crippen molar-refractivity contribution in [2.45, 2.75) is 12.8 Å². The van der Waals surface area contributed by atoms with Crippen LogP contribution in [0.2, 0.25) is 5.15 Å². The van der Waals surface area contributed by atoms with E-state index < -0.39 is 0 Å². The van der Waals surface area contributed by atoms with Crippen molar-refractivity contribution in [1.82, 2.24) is 20.2 Å². The molecule has 3 rings (SSSR count). The Kier molecular flexibility index (Phi) is 6.28. The molecule has 1 amide bonds. The number of halogens is 1. The van der Waals surface area contributed by atoms with E-state index in [9.17, 15) is 4.79 Å². The number of carbonyl (C=O) groups excluding carboxylic acids is 1. The first-order valence-electron chi connectivity index (χ1n) is 8.74. The highest BCUT2D eigenvalue weighted by Crippen LogP contribution is 2.24. The second-order valence-corrected chi connectivity index (χ2v) is 6.80. The molecule has 9 heteroatoms. The molecule has 2 aliphatic heterocycles. The summed E-state index contributed by atoms with van der Waals surface area (Å²) >= 11 is 5.94. The number of hydrogen-bond acceptors (Lipinski definition) is 7. The van der Waals surface area contributed by atoms with Gasteiger partial charge < -0.3 is 20.7 Å². The molecule has 0 spiro atoms. The summed E-state index contributed by atoms with van der Waals surface area (Å²) in [5.41, 5.74) is 5.65. The van der Waals surface area contributed by atoms with Crippen LogP contribution in [0.4, 0.5) is 11.8 Å². The van der Waals surface area contributed by atoms with Crippen LogP contribution in [0.15, 0.2) is 6.07 Å². The van der Waals surface area contributed by atoms with Crippen LogP contribution in [0.25, 0.3) is 0 Å². The number of rotatable bonds is 5. The topological polar surface area (TPSA) is 96.6 Å². The molecule has 0 aromatic carbocycles. The monoisotopic (exact) mass is 368 g/mol. The van der Waals surface area contributed by atoms with E-state index in [1.54, 1.807) is 6.07 Å². The number of nitrogen functional groups attached to an aromatic ring is 1. The van der Waals surface area contributed by atoms with Crippen molar-refractivity contribution in [3.8, 4) is 0 Å². The van der Waals surface area contributed by atoms with Gasteiger partial charge in [0.2, 0.25) is 11.9 Å². The molecule has 3 heterocycles. The Balaban J connectivity index is 1.41. The molecule has 25 heavy (non-hydrogen) atoms. The summed E-state index contributed by atoms with van der Waals surface area (Å²) in [5, 5.41) is 3.40. The van der Waals surface area contributed by atoms with E-state index in [0.29, 0.717) is 11.7 Å². The molecule has 0 radical (unpaired) electrons. The molecule has 2 saturated heterocycles. The van der Waals surface area contributed by atoms with Gasteiger partial charge in [0.25, 0.3) is 0 Å². The van der Waals surface area contributed by atoms with Crippen LogP contribution in [0.3, 0.4) is 0 Å². The maximum absolute atomic E-state index is 12.4. The van der Waals surface area contributed by atoms with Crippen molar-refractivity contribution >= 4 is 29.3 Å². The number of ether oxygens (including phenoxy) is 1. The third-order valence-electron chi connectivity index (χ3n) is 4.72. The fourth-order valence-electron chi connectivity index (χ4n) is 3.26. The Hall–Kier alpha value is -1.64. The van der Waals surface area contributed by atoms with Crippen LogP contribution in [-0.4, -0.2) is 73.3 Å². The normalized spacial score (nSPS) is 19.8. The van der Waals surface area contributed by atoms with Gasteiger partial charge in [-0.05, 0) is 12.8 Å². The Morgan fingerprint density at radius 3 is 2.68 bits per heavy atom. The van der Waals surface area contributed by atoms with Crippen molar-refractivity contribution in [2.24, 2.45) is 5.92 Å². The first kappa shape index (κ1) is 18.2. The Labute approximate surface area is 152 Å². The third-order valence-corrected chi connectivity index (χ3v) is 4.91. The Morgan fingerprint density at radius 2 is 2.00 bits per heavy atom. The molecule has 0 aliphatic carbocycles. The van der Waals surface area contributed by atoms with Gasteiger partial charge in [-0.3, -0.25) is 9.69 Å². The van der Waals surface area contributed by atoms with Crippen LogP contribution in [-0.2, 0) is 9.53 Å². The van der Waals surface area contributed by atoms with Crippen LogP contribution in [0.5, 0.6) is 0 Å². The van der Waals surface area contributed by atoms with Gasteiger partial charge in [-0.25, -0.2) is 4.98 Å². The molecule has 1 aromatic rings. The molecule has 0 atom stereocenters. The average Bonchev–Trinajstić information content (AvgIpc) is 2.62. The lowest BCUT2D eigenvalue weighted by Gasteiger charge is -2.32. The Bertz CT molecular complexity index is 568. The van der Waals surface area contributed by atoms with Gasteiger partial charge in [-0.15, -0.1) is 0 Å². The lowest BCUT2D eigenvalue weighted by Crippen LogP contribution is -2.44. The number of nitrogens with zero attached hydrogens (tertiary/aromatic N) is 4. The summed E-state index contributed by atoms with van der Waals surface area (Å²) in [6.45, 7) is 6.54. The summed E-state index contributed by atoms with van der Waals surface area (Å²) in [6.07, 6.45) is 1.59. The van der Waals surface area contributed by atoms with Crippen LogP contribution in [0, 0.1) is 5.92 Å². The van der Waals surface area contributed by atoms with Crippen LogP contribution in [0.1, 0.15) is 12.8 Å². The summed E-state index contributed by atoms with van der Waals surface area (Å²) in [4.78, 5) is 24.9. The lowest BCUT2D eigenvalue weighted by atomic mass is 9.96. The zero-order valence-corrected chi connectivity index (χ0v) is 15.0. The second-order valence-electron chi connectivity index (χ2n) is 6.41.